The van der Waals surface area contributed by atoms with Gasteiger partial charge in [0.1, 0.15) is 5.75 Å². The first-order chi connectivity index (χ1) is 11.2. The molecule has 0 fully saturated rings. The predicted octanol–water partition coefficient (Wildman–Crippen LogP) is 4.19. The second-order valence-corrected chi connectivity index (χ2v) is 6.49. The van der Waals surface area contributed by atoms with Gasteiger partial charge in [0.25, 0.3) is 0 Å². The number of carbonyl (C=O) groups excluding carboxylic acids is 2. The number of aliphatic hydroxyl groups excluding tert-OH is 1. The summed E-state index contributed by atoms with van der Waals surface area (Å²) >= 11 is 0. The van der Waals surface area contributed by atoms with E-state index in [0.29, 0.717) is 22.4 Å². The Labute approximate surface area is 141 Å². The highest BCUT2D eigenvalue weighted by molar-refractivity contribution is 6.09. The Morgan fingerprint density at radius 2 is 1.62 bits per heavy atom. The number of hydrogen-bond donors (Lipinski definition) is 1. The van der Waals surface area contributed by atoms with Gasteiger partial charge in [0.15, 0.2) is 11.5 Å². The lowest BCUT2D eigenvalue weighted by molar-refractivity contribution is -0.132. The van der Waals surface area contributed by atoms with Gasteiger partial charge in [-0.2, -0.15) is 0 Å². The molecule has 2 aromatic rings. The van der Waals surface area contributed by atoms with Crippen LogP contribution in [-0.2, 0) is 10.2 Å². The Morgan fingerprint density at radius 1 is 1.00 bits per heavy atom. The summed E-state index contributed by atoms with van der Waals surface area (Å²) in [6.07, 6.45) is 0. The van der Waals surface area contributed by atoms with E-state index in [0.717, 1.165) is 0 Å². The van der Waals surface area contributed by atoms with Gasteiger partial charge in [0.2, 0.25) is 0 Å². The molecule has 0 amide bonds. The van der Waals surface area contributed by atoms with Crippen molar-refractivity contribution in [2.24, 2.45) is 0 Å². The van der Waals surface area contributed by atoms with E-state index < -0.39 is 11.7 Å². The normalized spacial score (nSPS) is 11.0. The maximum Gasteiger partial charge on any atom is 0.378 e. The molecule has 0 aromatic heterocycles. The smallest absolute Gasteiger partial charge is 0.378 e. The molecule has 0 bridgehead atoms. The summed E-state index contributed by atoms with van der Waals surface area (Å²) in [5, 5.41) is 9.14. The molecule has 0 spiro atoms. The number of carbonyl (C=O) groups is 2. The van der Waals surface area contributed by atoms with Crippen molar-refractivity contribution >= 4 is 11.8 Å². The summed E-state index contributed by atoms with van der Waals surface area (Å²) in [5.41, 5.74) is 1.43. The average molecular weight is 324 g/mol. The molecule has 24 heavy (non-hydrogen) atoms. The summed E-state index contributed by atoms with van der Waals surface area (Å²) in [5.74, 6) is -1.39. The topological polar surface area (TPSA) is 63.6 Å². The zero-order chi connectivity index (χ0) is 17.9. The van der Waals surface area contributed by atoms with E-state index in [4.69, 9.17) is 9.84 Å². The first kappa shape index (κ1) is 17.5. The van der Waals surface area contributed by atoms with Crippen LogP contribution in [0.4, 0.5) is 0 Å². The largest absolute Gasteiger partial charge is 0.502 e. The minimum absolute atomic E-state index is 0.106. The second-order valence-electron chi connectivity index (χ2n) is 6.49. The van der Waals surface area contributed by atoms with Gasteiger partial charge in [0.05, 0.1) is 0 Å². The van der Waals surface area contributed by atoms with Crippen molar-refractivity contribution < 1.29 is 19.4 Å². The van der Waals surface area contributed by atoms with Crippen LogP contribution in [0, 0.1) is 0 Å². The van der Waals surface area contributed by atoms with E-state index in [1.54, 1.807) is 42.5 Å². The molecule has 0 aliphatic carbocycles. The number of hydrogen-bond acceptors (Lipinski definition) is 4. The molecular weight excluding hydrogens is 304 g/mol. The molecule has 2 aromatic carbocycles. The van der Waals surface area contributed by atoms with Gasteiger partial charge in [-0.3, -0.25) is 4.79 Å². The molecular formula is C20H20O4. The lowest BCUT2D eigenvalue weighted by atomic mass is 9.84. The highest BCUT2D eigenvalue weighted by atomic mass is 16.5. The minimum Gasteiger partial charge on any atom is -0.502 e. The molecule has 2 rings (SSSR count). The molecule has 0 unspecified atom stereocenters. The van der Waals surface area contributed by atoms with Gasteiger partial charge >= 0.3 is 5.97 Å². The van der Waals surface area contributed by atoms with E-state index in [-0.39, 0.29) is 11.2 Å². The van der Waals surface area contributed by atoms with Gasteiger partial charge in [-0.05, 0) is 30.2 Å². The molecule has 0 aliphatic rings. The third-order valence-corrected chi connectivity index (χ3v) is 3.52. The van der Waals surface area contributed by atoms with Crippen LogP contribution < -0.4 is 4.74 Å². The van der Waals surface area contributed by atoms with Crippen molar-refractivity contribution in [3.63, 3.8) is 0 Å². The van der Waals surface area contributed by atoms with Gasteiger partial charge in [-0.1, -0.05) is 51.1 Å². The number of benzene rings is 2. The second kappa shape index (κ2) is 6.71. The van der Waals surface area contributed by atoms with E-state index in [1.165, 1.54) is 0 Å². The number of ketones is 1. The fourth-order valence-electron chi connectivity index (χ4n) is 2.26. The van der Waals surface area contributed by atoms with Crippen LogP contribution in [-0.4, -0.2) is 16.9 Å². The maximum absolute atomic E-state index is 12.6. The molecule has 1 N–H and O–H groups in total. The van der Waals surface area contributed by atoms with Crippen molar-refractivity contribution in [1.82, 2.24) is 0 Å². The van der Waals surface area contributed by atoms with Crippen molar-refractivity contribution in [2.75, 3.05) is 0 Å². The first-order valence-electron chi connectivity index (χ1n) is 7.54. The highest BCUT2D eigenvalue weighted by Crippen LogP contribution is 2.33. The number of ether oxygens (including phenoxy) is 1. The molecule has 4 nitrogen and oxygen atoms in total. The van der Waals surface area contributed by atoms with Gasteiger partial charge in [-0.25, -0.2) is 4.79 Å². The van der Waals surface area contributed by atoms with Gasteiger partial charge < -0.3 is 9.84 Å². The Morgan fingerprint density at radius 3 is 2.17 bits per heavy atom. The maximum atomic E-state index is 12.6. The van der Waals surface area contributed by atoms with Crippen molar-refractivity contribution in [2.45, 2.75) is 26.2 Å². The molecule has 4 heteroatoms. The van der Waals surface area contributed by atoms with E-state index in [2.05, 4.69) is 6.58 Å². The van der Waals surface area contributed by atoms with Crippen LogP contribution in [0.3, 0.4) is 0 Å². The van der Waals surface area contributed by atoms with Crippen LogP contribution in [0.25, 0.3) is 0 Å². The number of esters is 1. The lowest BCUT2D eigenvalue weighted by Gasteiger charge is -2.23. The average Bonchev–Trinajstić information content (AvgIpc) is 2.54. The molecule has 124 valence electrons. The SMILES string of the molecule is C=C(O)C(=O)Oc1ccc(C(=O)c2ccccc2)cc1C(C)(C)C. The standard InChI is InChI=1S/C20H20O4/c1-13(21)19(23)24-17-11-10-15(12-16(17)20(2,3)4)18(22)14-8-6-5-7-9-14/h5-12,21H,1H2,2-4H3. The number of rotatable bonds is 4. The van der Waals surface area contributed by atoms with Crippen LogP contribution >= 0.6 is 0 Å². The van der Waals surface area contributed by atoms with Crippen LogP contribution in [0.15, 0.2) is 60.9 Å². The zero-order valence-electron chi connectivity index (χ0n) is 14.0. The summed E-state index contributed by atoms with van der Waals surface area (Å²) < 4.78 is 5.17. The Hall–Kier alpha value is -2.88. The van der Waals surface area contributed by atoms with Crippen molar-refractivity contribution in [1.29, 1.82) is 0 Å². The molecule has 0 atom stereocenters. The van der Waals surface area contributed by atoms with E-state index in [9.17, 15) is 9.59 Å². The van der Waals surface area contributed by atoms with Crippen molar-refractivity contribution in [3.8, 4) is 5.75 Å². The quantitative estimate of drug-likeness (QED) is 0.301. The lowest BCUT2D eigenvalue weighted by Crippen LogP contribution is -2.18. The monoisotopic (exact) mass is 324 g/mol. The first-order valence-corrected chi connectivity index (χ1v) is 7.54. The van der Waals surface area contributed by atoms with E-state index >= 15 is 0 Å². The molecule has 0 heterocycles. The fraction of sp³-hybridized carbons (Fsp3) is 0.200. The predicted molar refractivity (Wildman–Crippen MR) is 92.4 cm³/mol. The van der Waals surface area contributed by atoms with Crippen LogP contribution in [0.2, 0.25) is 0 Å². The Kier molecular flexibility index (Phi) is 4.88. The van der Waals surface area contributed by atoms with Crippen LogP contribution in [0.1, 0.15) is 42.3 Å². The van der Waals surface area contributed by atoms with Crippen LogP contribution in [0.5, 0.6) is 5.75 Å². The third kappa shape index (κ3) is 3.90. The number of aliphatic hydroxyl groups is 1. The molecule has 0 aliphatic heterocycles. The fourth-order valence-corrected chi connectivity index (χ4v) is 2.26. The summed E-state index contributed by atoms with van der Waals surface area (Å²) in [6.45, 7) is 9.00. The summed E-state index contributed by atoms with van der Waals surface area (Å²) in [7, 11) is 0. The third-order valence-electron chi connectivity index (χ3n) is 3.52. The van der Waals surface area contributed by atoms with E-state index in [1.807, 2.05) is 26.8 Å². The minimum atomic E-state index is -0.914. The molecule has 0 radical (unpaired) electrons. The molecule has 0 saturated heterocycles. The Bertz CT molecular complexity index is 783. The summed E-state index contributed by atoms with van der Waals surface area (Å²) in [4.78, 5) is 24.2. The summed E-state index contributed by atoms with van der Waals surface area (Å²) in [6, 6.07) is 13.9. The van der Waals surface area contributed by atoms with Gasteiger partial charge in [0, 0.05) is 16.7 Å². The highest BCUT2D eigenvalue weighted by Gasteiger charge is 2.23. The zero-order valence-corrected chi connectivity index (χ0v) is 14.0. The molecule has 0 saturated carbocycles. The van der Waals surface area contributed by atoms with Gasteiger partial charge in [-0.15, -0.1) is 0 Å². The van der Waals surface area contributed by atoms with Crippen molar-refractivity contribution in [3.05, 3.63) is 77.6 Å². The Balaban J connectivity index is 2.45.